The first-order valence-corrected chi connectivity index (χ1v) is 8.04. The summed E-state index contributed by atoms with van der Waals surface area (Å²) in [6, 6.07) is 2.85. The molecular weight excluding hydrogens is 252 g/mol. The largest absolute Gasteiger partial charge is 0.320 e. The van der Waals surface area contributed by atoms with Gasteiger partial charge in [0.2, 0.25) is 0 Å². The summed E-state index contributed by atoms with van der Waals surface area (Å²) in [7, 11) is 2.25. The fraction of sp³-hybridized carbons (Fsp3) is 0.625. The Labute approximate surface area is 121 Å². The van der Waals surface area contributed by atoms with Gasteiger partial charge in [-0.25, -0.2) is 0 Å². The average Bonchev–Trinajstić information content (AvgIpc) is 2.83. The van der Waals surface area contributed by atoms with Crippen molar-refractivity contribution in [2.45, 2.75) is 45.2 Å². The van der Waals surface area contributed by atoms with Crippen LogP contribution in [-0.2, 0) is 6.54 Å². The van der Waals surface area contributed by atoms with Crippen molar-refractivity contribution >= 4 is 11.3 Å². The highest BCUT2D eigenvalue weighted by molar-refractivity contribution is 7.10. The summed E-state index contributed by atoms with van der Waals surface area (Å²) in [5, 5.41) is 2.13. The van der Waals surface area contributed by atoms with Gasteiger partial charge in [0, 0.05) is 23.0 Å². The summed E-state index contributed by atoms with van der Waals surface area (Å²) >= 11 is 1.81. The maximum atomic E-state index is 5.45. The van der Waals surface area contributed by atoms with Crippen LogP contribution in [0, 0.1) is 17.8 Å². The Morgan fingerprint density at radius 1 is 1.47 bits per heavy atom. The molecule has 3 heteroatoms. The zero-order chi connectivity index (χ0) is 13.7. The molecule has 19 heavy (non-hydrogen) atoms. The minimum absolute atomic E-state index is 0.436. The zero-order valence-corrected chi connectivity index (χ0v) is 12.8. The number of thiophene rings is 1. The molecule has 1 aromatic heterocycles. The molecule has 0 amide bonds. The van der Waals surface area contributed by atoms with Gasteiger partial charge in [0.15, 0.2) is 0 Å². The monoisotopic (exact) mass is 276 g/mol. The number of hydrogen-bond donors (Lipinski definition) is 1. The lowest BCUT2D eigenvalue weighted by molar-refractivity contribution is 0.159. The molecule has 2 atom stereocenters. The van der Waals surface area contributed by atoms with Crippen LogP contribution in [0.1, 0.15) is 43.0 Å². The van der Waals surface area contributed by atoms with Crippen LogP contribution in [0.5, 0.6) is 0 Å². The quantitative estimate of drug-likeness (QED) is 0.860. The molecule has 1 saturated carbocycles. The third-order valence-corrected chi connectivity index (χ3v) is 4.90. The third-order valence-electron chi connectivity index (χ3n) is 4.00. The van der Waals surface area contributed by atoms with Crippen LogP contribution in [-0.4, -0.2) is 24.5 Å². The molecule has 2 nitrogen and oxygen atoms in total. The van der Waals surface area contributed by atoms with Crippen molar-refractivity contribution in [1.82, 2.24) is 4.90 Å². The van der Waals surface area contributed by atoms with E-state index in [0.29, 0.717) is 6.54 Å². The molecule has 2 unspecified atom stereocenters. The Morgan fingerprint density at radius 2 is 2.32 bits per heavy atom. The van der Waals surface area contributed by atoms with Crippen LogP contribution in [0.3, 0.4) is 0 Å². The molecule has 0 aliphatic heterocycles. The first kappa shape index (κ1) is 14.6. The number of nitrogens with zero attached hydrogens (tertiary/aromatic N) is 1. The summed E-state index contributed by atoms with van der Waals surface area (Å²) in [6.07, 6.45) is 5.46. The van der Waals surface area contributed by atoms with Gasteiger partial charge in [0.1, 0.15) is 0 Å². The molecular formula is C16H24N2S. The summed E-state index contributed by atoms with van der Waals surface area (Å²) in [6.45, 7) is 3.83. The molecule has 2 rings (SSSR count). The fourth-order valence-electron chi connectivity index (χ4n) is 2.88. The van der Waals surface area contributed by atoms with Gasteiger partial charge in [-0.05, 0) is 37.3 Å². The van der Waals surface area contributed by atoms with Gasteiger partial charge in [0.05, 0.1) is 6.54 Å². The summed E-state index contributed by atoms with van der Waals surface area (Å²) < 4.78 is 0. The van der Waals surface area contributed by atoms with E-state index in [4.69, 9.17) is 5.73 Å². The van der Waals surface area contributed by atoms with Gasteiger partial charge < -0.3 is 5.73 Å². The predicted octanol–water partition coefficient (Wildman–Crippen LogP) is 3.07. The maximum absolute atomic E-state index is 5.45. The predicted molar refractivity (Wildman–Crippen MR) is 83.1 cm³/mol. The van der Waals surface area contributed by atoms with Crippen LogP contribution in [0.2, 0.25) is 0 Å². The molecule has 0 aromatic carbocycles. The van der Waals surface area contributed by atoms with E-state index >= 15 is 0 Å². The normalized spacial score (nSPS) is 23.2. The van der Waals surface area contributed by atoms with Crippen molar-refractivity contribution in [3.63, 3.8) is 0 Å². The molecule has 0 saturated heterocycles. The Balaban J connectivity index is 1.98. The molecule has 104 valence electrons. The lowest BCUT2D eigenvalue weighted by atomic mass is 9.86. The van der Waals surface area contributed by atoms with Crippen molar-refractivity contribution in [2.24, 2.45) is 11.7 Å². The van der Waals surface area contributed by atoms with Gasteiger partial charge in [0.25, 0.3) is 0 Å². The first-order valence-electron chi connectivity index (χ1n) is 7.16. The second-order valence-electron chi connectivity index (χ2n) is 5.60. The molecule has 1 aliphatic rings. The SMILES string of the molecule is CC1CCCC(N(C)Cc2sccc2C#CCN)C1. The van der Waals surface area contributed by atoms with Crippen molar-refractivity contribution in [1.29, 1.82) is 0 Å². The summed E-state index contributed by atoms with van der Waals surface area (Å²) in [4.78, 5) is 3.89. The van der Waals surface area contributed by atoms with E-state index in [1.54, 1.807) is 0 Å². The van der Waals surface area contributed by atoms with E-state index in [-0.39, 0.29) is 0 Å². The topological polar surface area (TPSA) is 29.3 Å². The smallest absolute Gasteiger partial charge is 0.0555 e. The van der Waals surface area contributed by atoms with Gasteiger partial charge in [-0.15, -0.1) is 11.3 Å². The summed E-state index contributed by atoms with van der Waals surface area (Å²) in [5.74, 6) is 7.01. The van der Waals surface area contributed by atoms with E-state index in [0.717, 1.165) is 24.1 Å². The highest BCUT2D eigenvalue weighted by atomic mass is 32.1. The Morgan fingerprint density at radius 3 is 3.05 bits per heavy atom. The van der Waals surface area contributed by atoms with Gasteiger partial charge in [-0.3, -0.25) is 4.90 Å². The molecule has 1 heterocycles. The second-order valence-corrected chi connectivity index (χ2v) is 6.60. The minimum atomic E-state index is 0.436. The van der Waals surface area contributed by atoms with E-state index in [9.17, 15) is 0 Å². The van der Waals surface area contributed by atoms with Gasteiger partial charge >= 0.3 is 0 Å². The first-order chi connectivity index (χ1) is 9.20. The number of rotatable bonds is 3. The Hall–Kier alpha value is -0.820. The molecule has 1 aromatic rings. The molecule has 1 fully saturated rings. The van der Waals surface area contributed by atoms with Crippen molar-refractivity contribution in [2.75, 3.05) is 13.6 Å². The van der Waals surface area contributed by atoms with Crippen LogP contribution in [0.15, 0.2) is 11.4 Å². The Bertz CT molecular complexity index is 455. The standard InChI is InChI=1S/C16H24N2S/c1-13-5-3-7-15(11-13)18(2)12-16-14(6-4-9-17)8-10-19-16/h8,10,13,15H,3,5,7,9,11-12,17H2,1-2H3. The van der Waals surface area contributed by atoms with Crippen LogP contribution in [0.25, 0.3) is 0 Å². The third kappa shape index (κ3) is 4.07. The highest BCUT2D eigenvalue weighted by Crippen LogP contribution is 2.28. The maximum Gasteiger partial charge on any atom is 0.0555 e. The van der Waals surface area contributed by atoms with Crippen LogP contribution >= 0.6 is 11.3 Å². The molecule has 0 bridgehead atoms. The summed E-state index contributed by atoms with van der Waals surface area (Å²) in [5.41, 5.74) is 6.61. The molecule has 2 N–H and O–H groups in total. The lowest BCUT2D eigenvalue weighted by Gasteiger charge is -2.34. The average molecular weight is 276 g/mol. The molecule has 0 radical (unpaired) electrons. The van der Waals surface area contributed by atoms with Crippen molar-refractivity contribution in [3.8, 4) is 11.8 Å². The van der Waals surface area contributed by atoms with Gasteiger partial charge in [-0.2, -0.15) is 0 Å². The van der Waals surface area contributed by atoms with Gasteiger partial charge in [-0.1, -0.05) is 31.6 Å². The Kier molecular flexibility index (Phi) is 5.45. The van der Waals surface area contributed by atoms with Crippen LogP contribution in [0.4, 0.5) is 0 Å². The zero-order valence-electron chi connectivity index (χ0n) is 12.0. The number of hydrogen-bond acceptors (Lipinski definition) is 3. The second kappa shape index (κ2) is 7.09. The number of nitrogens with two attached hydrogens (primary N) is 1. The van der Waals surface area contributed by atoms with Crippen molar-refractivity contribution < 1.29 is 0 Å². The molecule has 0 spiro atoms. The fourth-order valence-corrected chi connectivity index (χ4v) is 3.77. The van der Waals surface area contributed by atoms with E-state index in [1.807, 2.05) is 11.3 Å². The van der Waals surface area contributed by atoms with Crippen LogP contribution < -0.4 is 5.73 Å². The van der Waals surface area contributed by atoms with Crippen molar-refractivity contribution in [3.05, 3.63) is 21.9 Å². The van der Waals surface area contributed by atoms with E-state index in [1.165, 1.54) is 30.6 Å². The highest BCUT2D eigenvalue weighted by Gasteiger charge is 2.22. The van der Waals surface area contributed by atoms with E-state index in [2.05, 4.69) is 42.2 Å². The van der Waals surface area contributed by atoms with E-state index < -0.39 is 0 Å². The minimum Gasteiger partial charge on any atom is -0.320 e. The lowest BCUT2D eigenvalue weighted by Crippen LogP contribution is -2.35. The molecule has 1 aliphatic carbocycles.